The number of rotatable bonds is 2. The van der Waals surface area contributed by atoms with Gasteiger partial charge in [-0.05, 0) is 73.5 Å². The van der Waals surface area contributed by atoms with E-state index in [9.17, 15) is 0 Å². The molecule has 14 heteroatoms. The average molecular weight is 607 g/mol. The van der Waals surface area contributed by atoms with E-state index in [4.69, 9.17) is 24.9 Å². The SMILES string of the molecule is Cc1ccc2c(c1)nc1nc3n(c(=O)n12)[C@@]1(c2ccccn2)n2c(nc4nc5ccc(C)cc5n4c2=O)N[C@@]1(c1ccccn1)N3. The normalized spacial score (nSPS) is 19.8. The van der Waals surface area contributed by atoms with Crippen molar-refractivity contribution in [3.05, 3.63) is 129 Å². The fraction of sp³-hybridized carbons (Fsp3) is 0.125. The highest BCUT2D eigenvalue weighted by atomic mass is 16.2. The molecule has 14 nitrogen and oxygen atoms in total. The van der Waals surface area contributed by atoms with Gasteiger partial charge >= 0.3 is 11.4 Å². The number of nitrogens with zero attached hydrogens (tertiary/aromatic N) is 10. The highest BCUT2D eigenvalue weighted by Gasteiger charge is 2.70. The molecule has 2 aromatic carbocycles. The van der Waals surface area contributed by atoms with Gasteiger partial charge in [0, 0.05) is 12.4 Å². The monoisotopic (exact) mass is 606 g/mol. The van der Waals surface area contributed by atoms with E-state index in [2.05, 4.69) is 15.6 Å². The lowest BCUT2D eigenvalue weighted by atomic mass is 9.87. The minimum absolute atomic E-state index is 0.178. The summed E-state index contributed by atoms with van der Waals surface area (Å²) in [6.07, 6.45) is 3.28. The molecular weight excluding hydrogens is 584 g/mol. The summed E-state index contributed by atoms with van der Waals surface area (Å²) in [5, 5.41) is 6.95. The third kappa shape index (κ3) is 2.77. The summed E-state index contributed by atoms with van der Waals surface area (Å²) < 4.78 is 5.88. The number of hydrogen-bond donors (Lipinski definition) is 2. The standard InChI is InChI=1S/C32H22N12O2/c1-17-10-12-21-20(15-17)36-26-38-28-40-31(23-7-3-5-13-33-23)32(24-8-4-6-14-34-24,43(28)29(45)41(21)26)44-27(39-31)37-25-35-19-11-9-18(2)16-22(19)42(25)30(44)46/h3-16H,1-2H3,(H,35,37,39)(H,36,38,40)/t31-,32-/m0/s1. The fourth-order valence-corrected chi connectivity index (χ4v) is 7.16. The molecule has 0 bridgehead atoms. The Morgan fingerprint density at radius 1 is 0.609 bits per heavy atom. The first-order valence-electron chi connectivity index (χ1n) is 14.6. The van der Waals surface area contributed by atoms with Crippen molar-refractivity contribution in [1.29, 1.82) is 0 Å². The van der Waals surface area contributed by atoms with Crippen molar-refractivity contribution < 1.29 is 0 Å². The van der Waals surface area contributed by atoms with Gasteiger partial charge in [-0.1, -0.05) is 24.3 Å². The van der Waals surface area contributed by atoms with Crippen molar-refractivity contribution >= 4 is 45.5 Å². The summed E-state index contributed by atoms with van der Waals surface area (Å²) in [7, 11) is 0. The first-order chi connectivity index (χ1) is 22.4. The lowest BCUT2D eigenvalue weighted by Crippen LogP contribution is -2.61. The lowest BCUT2D eigenvalue weighted by Gasteiger charge is -2.38. The van der Waals surface area contributed by atoms with Crippen molar-refractivity contribution in [2.75, 3.05) is 10.6 Å². The number of hydrogen-bond acceptors (Lipinski definition) is 10. The van der Waals surface area contributed by atoms with Gasteiger partial charge in [0.2, 0.25) is 34.8 Å². The van der Waals surface area contributed by atoms with Crippen LogP contribution < -0.4 is 22.0 Å². The molecule has 0 aliphatic carbocycles. The van der Waals surface area contributed by atoms with Gasteiger partial charge in [0.1, 0.15) is 0 Å². The third-order valence-electron chi connectivity index (χ3n) is 9.02. The molecule has 0 saturated carbocycles. The van der Waals surface area contributed by atoms with E-state index in [1.54, 1.807) is 30.6 Å². The Labute approximate surface area is 257 Å². The molecule has 0 spiro atoms. The van der Waals surface area contributed by atoms with Crippen LogP contribution in [-0.4, -0.2) is 47.8 Å². The molecule has 6 aromatic heterocycles. The number of anilines is 2. The van der Waals surface area contributed by atoms with Gasteiger partial charge < -0.3 is 10.6 Å². The Hall–Kier alpha value is -6.44. The molecule has 8 heterocycles. The van der Waals surface area contributed by atoms with E-state index in [1.165, 1.54) is 17.9 Å². The number of aromatic nitrogens is 10. The maximum absolute atomic E-state index is 15.1. The van der Waals surface area contributed by atoms with Crippen LogP contribution in [0.25, 0.3) is 33.6 Å². The molecule has 222 valence electrons. The zero-order chi connectivity index (χ0) is 30.9. The van der Waals surface area contributed by atoms with Gasteiger partial charge in [-0.3, -0.25) is 9.97 Å². The van der Waals surface area contributed by atoms with Gasteiger partial charge in [-0.15, -0.1) is 0 Å². The first kappa shape index (κ1) is 24.9. The number of benzene rings is 2. The average Bonchev–Trinajstić information content (AvgIpc) is 3.76. The van der Waals surface area contributed by atoms with Crippen LogP contribution in [0.1, 0.15) is 22.5 Å². The fourth-order valence-electron chi connectivity index (χ4n) is 7.16. The molecule has 2 N–H and O–H groups in total. The number of imidazole rings is 2. The summed E-state index contributed by atoms with van der Waals surface area (Å²) in [6.45, 7) is 3.91. The molecule has 8 aromatic rings. The summed E-state index contributed by atoms with van der Waals surface area (Å²) in [4.78, 5) is 58.8. The maximum Gasteiger partial charge on any atom is 0.340 e. The molecule has 2 aliphatic rings. The second kappa shape index (κ2) is 8.18. The molecule has 0 radical (unpaired) electrons. The maximum atomic E-state index is 15.1. The van der Waals surface area contributed by atoms with Crippen LogP contribution in [0.3, 0.4) is 0 Å². The molecule has 10 rings (SSSR count). The van der Waals surface area contributed by atoms with E-state index in [1.807, 2.05) is 68.4 Å². The first-order valence-corrected chi connectivity index (χ1v) is 14.6. The Bertz CT molecular complexity index is 2730. The molecule has 0 fully saturated rings. The van der Waals surface area contributed by atoms with Crippen LogP contribution in [0.5, 0.6) is 0 Å². The lowest BCUT2D eigenvalue weighted by molar-refractivity contribution is 0.214. The zero-order valence-corrected chi connectivity index (χ0v) is 24.4. The van der Waals surface area contributed by atoms with Crippen LogP contribution in [0, 0.1) is 13.8 Å². The van der Waals surface area contributed by atoms with Crippen LogP contribution in [0.4, 0.5) is 11.9 Å². The smallest absolute Gasteiger partial charge is 0.324 e. The van der Waals surface area contributed by atoms with Gasteiger partial charge in [-0.2, -0.15) is 9.97 Å². The molecule has 0 amide bonds. The van der Waals surface area contributed by atoms with E-state index in [0.717, 1.165) is 11.1 Å². The van der Waals surface area contributed by atoms with Gasteiger partial charge in [0.25, 0.3) is 0 Å². The van der Waals surface area contributed by atoms with Crippen LogP contribution >= 0.6 is 0 Å². The predicted octanol–water partition coefficient (Wildman–Crippen LogP) is 2.76. The van der Waals surface area contributed by atoms with Gasteiger partial charge in [0.15, 0.2) is 0 Å². The summed E-state index contributed by atoms with van der Waals surface area (Å²) >= 11 is 0. The van der Waals surface area contributed by atoms with Gasteiger partial charge in [-0.25, -0.2) is 37.5 Å². The van der Waals surface area contributed by atoms with Crippen molar-refractivity contribution in [3.8, 4) is 0 Å². The Kier molecular flexibility index (Phi) is 4.43. The second-order valence-corrected chi connectivity index (χ2v) is 11.7. The number of fused-ring (bicyclic) bond motifs is 11. The van der Waals surface area contributed by atoms with Gasteiger partial charge in [0.05, 0.1) is 33.5 Å². The minimum atomic E-state index is -1.73. The third-order valence-corrected chi connectivity index (χ3v) is 9.02. The molecule has 2 aliphatic heterocycles. The number of nitrogens with one attached hydrogen (secondary N) is 2. The molecular formula is C32H22N12O2. The van der Waals surface area contributed by atoms with Crippen molar-refractivity contribution in [1.82, 2.24) is 47.8 Å². The van der Waals surface area contributed by atoms with Crippen LogP contribution in [0.15, 0.2) is 94.8 Å². The number of pyridine rings is 2. The Morgan fingerprint density at radius 2 is 1.20 bits per heavy atom. The van der Waals surface area contributed by atoms with Crippen LogP contribution in [-0.2, 0) is 11.3 Å². The predicted molar refractivity (Wildman–Crippen MR) is 169 cm³/mol. The van der Waals surface area contributed by atoms with E-state index >= 15 is 9.59 Å². The topological polar surface area (TPSA) is 154 Å². The molecule has 46 heavy (non-hydrogen) atoms. The summed E-state index contributed by atoms with van der Waals surface area (Å²) in [6, 6.07) is 22.2. The summed E-state index contributed by atoms with van der Waals surface area (Å²) in [5.74, 6) is 0.789. The molecule has 0 unspecified atom stereocenters. The van der Waals surface area contributed by atoms with E-state index in [-0.39, 0.29) is 23.5 Å². The Balaban J connectivity index is 1.44. The van der Waals surface area contributed by atoms with Crippen LogP contribution in [0.2, 0.25) is 0 Å². The zero-order valence-electron chi connectivity index (χ0n) is 24.4. The molecule has 2 atom stereocenters. The number of aryl methyl sites for hydroxylation is 2. The van der Waals surface area contributed by atoms with E-state index in [0.29, 0.717) is 33.5 Å². The highest BCUT2D eigenvalue weighted by molar-refractivity contribution is 5.82. The highest BCUT2D eigenvalue weighted by Crippen LogP contribution is 2.54. The van der Waals surface area contributed by atoms with Crippen molar-refractivity contribution in [3.63, 3.8) is 0 Å². The molecule has 0 saturated heterocycles. The Morgan fingerprint density at radius 3 is 1.85 bits per heavy atom. The summed E-state index contributed by atoms with van der Waals surface area (Å²) in [5.41, 5.74) is 1.07. The largest absolute Gasteiger partial charge is 0.340 e. The van der Waals surface area contributed by atoms with Crippen molar-refractivity contribution in [2.45, 2.75) is 25.2 Å². The second-order valence-electron chi connectivity index (χ2n) is 11.7. The minimum Gasteiger partial charge on any atom is -0.324 e. The van der Waals surface area contributed by atoms with E-state index < -0.39 is 22.7 Å². The van der Waals surface area contributed by atoms with Crippen molar-refractivity contribution in [2.24, 2.45) is 0 Å². The quantitative estimate of drug-likeness (QED) is 0.300.